The Morgan fingerprint density at radius 3 is 2.44 bits per heavy atom. The van der Waals surface area contributed by atoms with Crippen LogP contribution in [0.3, 0.4) is 0 Å². The molecule has 96 valence electrons. The van der Waals surface area contributed by atoms with Crippen molar-refractivity contribution in [2.75, 3.05) is 0 Å². The van der Waals surface area contributed by atoms with E-state index in [1.54, 1.807) is 12.1 Å². The van der Waals surface area contributed by atoms with E-state index in [0.29, 0.717) is 5.56 Å². The quantitative estimate of drug-likeness (QED) is 0.759. The number of hydrogen-bond donors (Lipinski definition) is 2. The molecule has 4 nitrogen and oxygen atoms in total. The molecule has 0 bridgehead atoms. The fraction of sp³-hybridized carbons (Fsp3) is 0.286. The highest BCUT2D eigenvalue weighted by Gasteiger charge is 2.13. The molecule has 0 unspecified atom stereocenters. The van der Waals surface area contributed by atoms with Crippen LogP contribution in [-0.4, -0.2) is 22.2 Å². The molecule has 0 spiro atoms. The summed E-state index contributed by atoms with van der Waals surface area (Å²) in [6.45, 7) is 1.95. The number of hydrogen-bond acceptors (Lipinski definition) is 2. The maximum absolute atomic E-state index is 11.2. The minimum Gasteiger partial charge on any atom is -0.481 e. The number of allylic oxidation sites excluding steroid dienone is 1. The van der Waals surface area contributed by atoms with E-state index in [0.717, 1.165) is 12.0 Å². The first-order valence-corrected chi connectivity index (χ1v) is 5.79. The van der Waals surface area contributed by atoms with Crippen molar-refractivity contribution in [3.05, 3.63) is 41.5 Å². The van der Waals surface area contributed by atoms with Gasteiger partial charge in [0.15, 0.2) is 0 Å². The molecule has 0 aromatic heterocycles. The molecule has 0 saturated carbocycles. The highest BCUT2D eigenvalue weighted by molar-refractivity contribution is 6.15. The fourth-order valence-electron chi connectivity index (χ4n) is 1.74. The van der Waals surface area contributed by atoms with Crippen LogP contribution in [0.25, 0.3) is 5.57 Å². The third-order valence-electron chi connectivity index (χ3n) is 2.63. The minimum absolute atomic E-state index is 0.0644. The molecule has 0 heterocycles. The normalized spacial score (nSPS) is 11.3. The minimum atomic E-state index is -1.03. The van der Waals surface area contributed by atoms with Gasteiger partial charge in [-0.15, -0.1) is 0 Å². The summed E-state index contributed by atoms with van der Waals surface area (Å²) >= 11 is 0. The van der Waals surface area contributed by atoms with Gasteiger partial charge in [0.1, 0.15) is 0 Å². The van der Waals surface area contributed by atoms with Crippen molar-refractivity contribution in [1.29, 1.82) is 0 Å². The molecule has 1 rings (SSSR count). The summed E-state index contributed by atoms with van der Waals surface area (Å²) < 4.78 is 0. The van der Waals surface area contributed by atoms with Crippen molar-refractivity contribution in [3.63, 3.8) is 0 Å². The summed E-state index contributed by atoms with van der Waals surface area (Å²) in [5, 5.41) is 17.8. The van der Waals surface area contributed by atoms with Gasteiger partial charge in [-0.2, -0.15) is 0 Å². The van der Waals surface area contributed by atoms with Gasteiger partial charge in [-0.3, -0.25) is 4.79 Å². The molecule has 0 atom stereocenters. The topological polar surface area (TPSA) is 74.6 Å². The Labute approximate surface area is 106 Å². The Morgan fingerprint density at radius 2 is 1.89 bits per heavy atom. The summed E-state index contributed by atoms with van der Waals surface area (Å²) in [6, 6.07) is 7.27. The van der Waals surface area contributed by atoms with Gasteiger partial charge in [0, 0.05) is 6.42 Å². The summed E-state index contributed by atoms with van der Waals surface area (Å²) in [5.74, 6) is -1.96. The van der Waals surface area contributed by atoms with Crippen LogP contribution in [0.1, 0.15) is 30.9 Å². The maximum Gasteiger partial charge on any atom is 0.335 e. The second-order valence-electron chi connectivity index (χ2n) is 3.87. The third-order valence-corrected chi connectivity index (χ3v) is 2.63. The molecule has 1 aromatic carbocycles. The van der Waals surface area contributed by atoms with Crippen LogP contribution in [-0.2, 0) is 16.0 Å². The smallest absolute Gasteiger partial charge is 0.335 e. The first kappa shape index (κ1) is 14.0. The van der Waals surface area contributed by atoms with Crippen LogP contribution in [0.4, 0.5) is 0 Å². The molecule has 0 radical (unpaired) electrons. The highest BCUT2D eigenvalue weighted by atomic mass is 16.4. The van der Waals surface area contributed by atoms with Gasteiger partial charge in [-0.05, 0) is 24.0 Å². The SMILES string of the molecule is CCc1ccccc1/C(=C\CCC(=O)O)C(=O)O. The summed E-state index contributed by atoms with van der Waals surface area (Å²) in [6.07, 6.45) is 2.37. The molecule has 0 amide bonds. The largest absolute Gasteiger partial charge is 0.481 e. The number of carboxylic acid groups (broad SMARTS) is 2. The summed E-state index contributed by atoms with van der Waals surface area (Å²) in [5.41, 5.74) is 1.79. The Hall–Kier alpha value is -2.10. The van der Waals surface area contributed by atoms with Crippen molar-refractivity contribution < 1.29 is 19.8 Å². The first-order valence-electron chi connectivity index (χ1n) is 5.79. The molecule has 0 aliphatic rings. The molecule has 0 saturated heterocycles. The lowest BCUT2D eigenvalue weighted by molar-refractivity contribution is -0.137. The average Bonchev–Trinajstić information content (AvgIpc) is 2.34. The molecule has 2 N–H and O–H groups in total. The summed E-state index contributed by atoms with van der Waals surface area (Å²) in [7, 11) is 0. The lowest BCUT2D eigenvalue weighted by Gasteiger charge is -2.08. The van der Waals surface area contributed by atoms with Crippen LogP contribution in [0.2, 0.25) is 0 Å². The second-order valence-corrected chi connectivity index (χ2v) is 3.87. The standard InChI is InChI=1S/C14H16O4/c1-2-10-6-3-4-7-11(10)12(14(17)18)8-5-9-13(15)16/h3-4,6-8H,2,5,9H2,1H3,(H,15,16)(H,17,18)/b12-8+. The van der Waals surface area contributed by atoms with Crippen molar-refractivity contribution in [3.8, 4) is 0 Å². The van der Waals surface area contributed by atoms with Gasteiger partial charge < -0.3 is 10.2 Å². The van der Waals surface area contributed by atoms with Crippen LogP contribution < -0.4 is 0 Å². The van der Waals surface area contributed by atoms with Gasteiger partial charge in [0.25, 0.3) is 0 Å². The van der Waals surface area contributed by atoms with E-state index in [1.807, 2.05) is 19.1 Å². The van der Waals surface area contributed by atoms with Crippen LogP contribution in [0.15, 0.2) is 30.3 Å². The number of benzene rings is 1. The average molecular weight is 248 g/mol. The monoisotopic (exact) mass is 248 g/mol. The number of carbonyl (C=O) groups is 2. The molecule has 1 aromatic rings. The van der Waals surface area contributed by atoms with Crippen molar-refractivity contribution >= 4 is 17.5 Å². The summed E-state index contributed by atoms with van der Waals surface area (Å²) in [4.78, 5) is 21.7. The number of carboxylic acids is 2. The van der Waals surface area contributed by atoms with Crippen molar-refractivity contribution in [2.24, 2.45) is 0 Å². The highest BCUT2D eigenvalue weighted by Crippen LogP contribution is 2.21. The van der Waals surface area contributed by atoms with E-state index in [1.165, 1.54) is 6.08 Å². The molecule has 0 aliphatic heterocycles. The first-order chi connectivity index (χ1) is 8.56. The molecule has 0 aliphatic carbocycles. The van der Waals surface area contributed by atoms with Crippen molar-refractivity contribution in [1.82, 2.24) is 0 Å². The number of aryl methyl sites for hydroxylation is 1. The Bertz CT molecular complexity index is 474. The Morgan fingerprint density at radius 1 is 1.22 bits per heavy atom. The van der Waals surface area contributed by atoms with E-state index in [9.17, 15) is 14.7 Å². The zero-order valence-corrected chi connectivity index (χ0v) is 10.2. The zero-order chi connectivity index (χ0) is 13.5. The van der Waals surface area contributed by atoms with Crippen molar-refractivity contribution in [2.45, 2.75) is 26.2 Å². The Kier molecular flexibility index (Phi) is 5.11. The zero-order valence-electron chi connectivity index (χ0n) is 10.2. The van der Waals surface area contributed by atoms with Crippen LogP contribution in [0, 0.1) is 0 Å². The van der Waals surface area contributed by atoms with Gasteiger partial charge in [0.05, 0.1) is 5.57 Å². The van der Waals surface area contributed by atoms with E-state index >= 15 is 0 Å². The third kappa shape index (κ3) is 3.73. The van der Waals surface area contributed by atoms with Gasteiger partial charge in [0.2, 0.25) is 0 Å². The van der Waals surface area contributed by atoms with Gasteiger partial charge in [-0.25, -0.2) is 4.79 Å². The number of aliphatic carboxylic acids is 2. The molecular formula is C14H16O4. The molecule has 0 fully saturated rings. The lowest BCUT2D eigenvalue weighted by atomic mass is 9.97. The second kappa shape index (κ2) is 6.59. The van der Waals surface area contributed by atoms with E-state index in [2.05, 4.69) is 0 Å². The molecule has 18 heavy (non-hydrogen) atoms. The van der Waals surface area contributed by atoms with Crippen LogP contribution in [0.5, 0.6) is 0 Å². The Balaban J connectivity index is 3.04. The fourth-order valence-corrected chi connectivity index (χ4v) is 1.74. The predicted molar refractivity (Wildman–Crippen MR) is 68.3 cm³/mol. The molecular weight excluding hydrogens is 232 g/mol. The van der Waals surface area contributed by atoms with E-state index in [-0.39, 0.29) is 18.4 Å². The lowest BCUT2D eigenvalue weighted by Crippen LogP contribution is -2.03. The van der Waals surface area contributed by atoms with Crippen LogP contribution >= 0.6 is 0 Å². The number of rotatable bonds is 6. The van der Waals surface area contributed by atoms with E-state index < -0.39 is 11.9 Å². The van der Waals surface area contributed by atoms with E-state index in [4.69, 9.17) is 5.11 Å². The van der Waals surface area contributed by atoms with Gasteiger partial charge in [-0.1, -0.05) is 37.3 Å². The maximum atomic E-state index is 11.2. The van der Waals surface area contributed by atoms with Gasteiger partial charge >= 0.3 is 11.9 Å². The molecule has 4 heteroatoms. The predicted octanol–water partition coefficient (Wildman–Crippen LogP) is 2.58.